The van der Waals surface area contributed by atoms with E-state index in [4.69, 9.17) is 34.8 Å². The highest BCUT2D eigenvalue weighted by molar-refractivity contribution is 7.85. The van der Waals surface area contributed by atoms with Gasteiger partial charge >= 0.3 is 0 Å². The molecule has 20 heavy (non-hydrogen) atoms. The molecule has 0 fully saturated rings. The van der Waals surface area contributed by atoms with Crippen LogP contribution in [0.15, 0.2) is 47.4 Å². The van der Waals surface area contributed by atoms with Crippen LogP contribution < -0.4 is 0 Å². The molecule has 6 heteroatoms. The van der Waals surface area contributed by atoms with Crippen molar-refractivity contribution in [3.63, 3.8) is 0 Å². The standard InChI is InChI=1S/C14H9Cl3O2S/c15-9-2-1-3-11(6-9)20(19)8-14(18)12-7-10(16)4-5-13(12)17/h1-7H,8H2. The molecule has 0 N–H and O–H groups in total. The summed E-state index contributed by atoms with van der Waals surface area (Å²) in [6.45, 7) is 0. The molecule has 0 saturated carbocycles. The molecule has 0 saturated heterocycles. The lowest BCUT2D eigenvalue weighted by molar-refractivity contribution is 0.102. The van der Waals surface area contributed by atoms with Gasteiger partial charge < -0.3 is 0 Å². The quantitative estimate of drug-likeness (QED) is 0.755. The van der Waals surface area contributed by atoms with Crippen LogP contribution in [0.5, 0.6) is 0 Å². The smallest absolute Gasteiger partial charge is 0.177 e. The molecule has 2 rings (SSSR count). The Labute approximate surface area is 134 Å². The second-order valence-corrected chi connectivity index (χ2v) is 6.73. The summed E-state index contributed by atoms with van der Waals surface area (Å²) in [4.78, 5) is 12.6. The van der Waals surface area contributed by atoms with E-state index in [0.717, 1.165) is 0 Å². The van der Waals surface area contributed by atoms with E-state index in [-0.39, 0.29) is 17.1 Å². The molecule has 0 bridgehead atoms. The number of carbonyl (C=O) groups excluding carboxylic acids is 1. The SMILES string of the molecule is O=C(CS(=O)c1cccc(Cl)c1)c1cc(Cl)ccc1Cl. The van der Waals surface area contributed by atoms with Crippen LogP contribution in [0.1, 0.15) is 10.4 Å². The summed E-state index contributed by atoms with van der Waals surface area (Å²) in [5.74, 6) is -0.490. The van der Waals surface area contributed by atoms with Gasteiger partial charge in [0.1, 0.15) is 0 Å². The van der Waals surface area contributed by atoms with Crippen LogP contribution in [-0.4, -0.2) is 15.7 Å². The van der Waals surface area contributed by atoms with Crippen LogP contribution in [0, 0.1) is 0 Å². The van der Waals surface area contributed by atoms with Gasteiger partial charge in [0.05, 0.1) is 21.6 Å². The summed E-state index contributed by atoms with van der Waals surface area (Å²) in [7, 11) is -1.47. The third kappa shape index (κ3) is 3.83. The predicted molar refractivity (Wildman–Crippen MR) is 83.5 cm³/mol. The zero-order valence-corrected chi connectivity index (χ0v) is 13.2. The van der Waals surface area contributed by atoms with Crippen molar-refractivity contribution in [3.05, 3.63) is 63.1 Å². The van der Waals surface area contributed by atoms with Crippen molar-refractivity contribution in [1.29, 1.82) is 0 Å². The normalized spacial score (nSPS) is 12.2. The van der Waals surface area contributed by atoms with Crippen molar-refractivity contribution in [2.45, 2.75) is 4.90 Å². The van der Waals surface area contributed by atoms with E-state index >= 15 is 0 Å². The van der Waals surface area contributed by atoms with Crippen LogP contribution in [-0.2, 0) is 10.8 Å². The third-order valence-corrected chi connectivity index (χ3v) is 4.65. The summed E-state index contributed by atoms with van der Waals surface area (Å²) in [5.41, 5.74) is 0.273. The molecule has 2 aromatic carbocycles. The maximum Gasteiger partial charge on any atom is 0.177 e. The lowest BCUT2D eigenvalue weighted by Gasteiger charge is -2.05. The van der Waals surface area contributed by atoms with Gasteiger partial charge in [0.15, 0.2) is 5.78 Å². The van der Waals surface area contributed by atoms with Gasteiger partial charge in [-0.2, -0.15) is 0 Å². The molecular weight excluding hydrogens is 339 g/mol. The topological polar surface area (TPSA) is 34.1 Å². The largest absolute Gasteiger partial charge is 0.293 e. The highest BCUT2D eigenvalue weighted by atomic mass is 35.5. The molecular formula is C14H9Cl3O2S. The molecule has 1 atom stereocenters. The highest BCUT2D eigenvalue weighted by Crippen LogP contribution is 2.22. The Kier molecular flexibility index (Phi) is 5.22. The fourth-order valence-corrected chi connectivity index (χ4v) is 3.30. The van der Waals surface area contributed by atoms with Gasteiger partial charge in [0.25, 0.3) is 0 Å². The molecule has 0 aliphatic heterocycles. The van der Waals surface area contributed by atoms with Crippen molar-refractivity contribution in [1.82, 2.24) is 0 Å². The minimum Gasteiger partial charge on any atom is -0.293 e. The van der Waals surface area contributed by atoms with Gasteiger partial charge in [0, 0.05) is 20.5 Å². The van der Waals surface area contributed by atoms with E-state index in [1.54, 1.807) is 36.4 Å². The summed E-state index contributed by atoms with van der Waals surface area (Å²) in [6.07, 6.45) is 0. The molecule has 0 aliphatic carbocycles. The van der Waals surface area contributed by atoms with Crippen molar-refractivity contribution >= 4 is 51.4 Å². The van der Waals surface area contributed by atoms with Crippen molar-refractivity contribution in [2.24, 2.45) is 0 Å². The first-order valence-electron chi connectivity index (χ1n) is 5.59. The summed E-state index contributed by atoms with van der Waals surface area (Å²) >= 11 is 17.6. The molecule has 1 unspecified atom stereocenters. The fraction of sp³-hybridized carbons (Fsp3) is 0.0714. The van der Waals surface area contributed by atoms with E-state index in [9.17, 15) is 9.00 Å². The van der Waals surface area contributed by atoms with Gasteiger partial charge in [-0.15, -0.1) is 0 Å². The van der Waals surface area contributed by atoms with Gasteiger partial charge in [0.2, 0.25) is 0 Å². The van der Waals surface area contributed by atoms with Crippen LogP contribution in [0.3, 0.4) is 0 Å². The van der Waals surface area contributed by atoms with Crippen LogP contribution in [0.2, 0.25) is 15.1 Å². The first-order valence-corrected chi connectivity index (χ1v) is 8.05. The summed E-state index contributed by atoms with van der Waals surface area (Å²) in [5, 5.41) is 1.18. The number of hydrogen-bond donors (Lipinski definition) is 0. The van der Waals surface area contributed by atoms with E-state index in [1.807, 2.05) is 0 Å². The maximum atomic E-state index is 12.1. The number of ketones is 1. The molecule has 0 spiro atoms. The minimum absolute atomic E-state index is 0.166. The second-order valence-electron chi connectivity index (χ2n) is 3.99. The summed E-state index contributed by atoms with van der Waals surface area (Å²) in [6, 6.07) is 11.2. The third-order valence-electron chi connectivity index (χ3n) is 2.55. The number of halogens is 3. The van der Waals surface area contributed by atoms with Gasteiger partial charge in [-0.3, -0.25) is 9.00 Å². The van der Waals surface area contributed by atoms with Crippen molar-refractivity contribution < 1.29 is 9.00 Å². The Bertz CT molecular complexity index is 686. The van der Waals surface area contributed by atoms with E-state index < -0.39 is 10.8 Å². The number of carbonyl (C=O) groups is 1. The molecule has 0 amide bonds. The Morgan fingerprint density at radius 3 is 2.40 bits per heavy atom. The van der Waals surface area contributed by atoms with Gasteiger partial charge in [-0.1, -0.05) is 40.9 Å². The molecule has 0 radical (unpaired) electrons. The number of benzene rings is 2. The van der Waals surface area contributed by atoms with Crippen molar-refractivity contribution in [2.75, 3.05) is 5.75 Å². The Morgan fingerprint density at radius 2 is 1.70 bits per heavy atom. The highest BCUT2D eigenvalue weighted by Gasteiger charge is 2.15. The van der Waals surface area contributed by atoms with E-state index in [0.29, 0.717) is 20.0 Å². The maximum absolute atomic E-state index is 12.1. The Balaban J connectivity index is 2.19. The zero-order chi connectivity index (χ0) is 14.7. The second kappa shape index (κ2) is 6.72. The van der Waals surface area contributed by atoms with E-state index in [1.165, 1.54) is 6.07 Å². The average Bonchev–Trinajstić information content (AvgIpc) is 2.41. The number of hydrogen-bond acceptors (Lipinski definition) is 2. The Hall–Kier alpha value is -0.870. The molecule has 0 aromatic heterocycles. The molecule has 2 aromatic rings. The van der Waals surface area contributed by atoms with Crippen LogP contribution >= 0.6 is 34.8 Å². The monoisotopic (exact) mass is 346 g/mol. The lowest BCUT2D eigenvalue weighted by Crippen LogP contribution is -2.11. The van der Waals surface area contributed by atoms with Crippen LogP contribution in [0.4, 0.5) is 0 Å². The lowest BCUT2D eigenvalue weighted by atomic mass is 10.1. The first-order chi connectivity index (χ1) is 9.47. The molecule has 0 aliphatic rings. The molecule has 2 nitrogen and oxygen atoms in total. The fourth-order valence-electron chi connectivity index (χ4n) is 1.60. The van der Waals surface area contributed by atoms with Crippen LogP contribution in [0.25, 0.3) is 0 Å². The average molecular weight is 348 g/mol. The molecule has 104 valence electrons. The first kappa shape index (κ1) is 15.5. The van der Waals surface area contributed by atoms with Gasteiger partial charge in [-0.25, -0.2) is 0 Å². The Morgan fingerprint density at radius 1 is 1.00 bits per heavy atom. The number of rotatable bonds is 4. The zero-order valence-electron chi connectivity index (χ0n) is 10.1. The summed E-state index contributed by atoms with van der Waals surface area (Å²) < 4.78 is 12.1. The minimum atomic E-state index is -1.47. The van der Waals surface area contributed by atoms with Gasteiger partial charge in [-0.05, 0) is 36.4 Å². The number of Topliss-reactive ketones (excluding diaryl/α,β-unsaturated/α-hetero) is 1. The molecule has 0 heterocycles. The predicted octanol–water partition coefficient (Wildman–Crippen LogP) is 4.64. The van der Waals surface area contributed by atoms with Crippen molar-refractivity contribution in [3.8, 4) is 0 Å². The van der Waals surface area contributed by atoms with E-state index in [2.05, 4.69) is 0 Å².